The first-order chi connectivity index (χ1) is 15.1. The highest BCUT2D eigenvalue weighted by Gasteiger charge is 2.35. The smallest absolute Gasteiger partial charge is 0.399 e. The maximum atomic E-state index is 12.8. The van der Waals surface area contributed by atoms with Crippen LogP contribution in [0.1, 0.15) is 50.7 Å². The van der Waals surface area contributed by atoms with Crippen molar-refractivity contribution in [1.29, 1.82) is 0 Å². The quantitative estimate of drug-likeness (QED) is 0.431. The lowest BCUT2D eigenvalue weighted by Gasteiger charge is -2.40. The molecule has 2 unspecified atom stereocenters. The molecule has 4 rings (SSSR count). The zero-order valence-corrected chi connectivity index (χ0v) is 18.2. The number of alkyl halides is 3. The zero-order chi connectivity index (χ0) is 22.9. The molecule has 0 saturated heterocycles. The number of nitrogens with zero attached hydrogens (tertiary/aromatic N) is 2. The van der Waals surface area contributed by atoms with Gasteiger partial charge in [-0.2, -0.15) is 13.2 Å². The van der Waals surface area contributed by atoms with Crippen LogP contribution >= 0.6 is 0 Å². The van der Waals surface area contributed by atoms with Crippen LogP contribution in [0.5, 0.6) is 0 Å². The summed E-state index contributed by atoms with van der Waals surface area (Å²) in [7, 11) is 0. The first-order valence-electron chi connectivity index (χ1n) is 10.8. The Hall–Kier alpha value is -3.09. The third-order valence-corrected chi connectivity index (χ3v) is 6.71. The van der Waals surface area contributed by atoms with Gasteiger partial charge in [0.05, 0.1) is 11.3 Å². The van der Waals surface area contributed by atoms with E-state index in [1.54, 1.807) is 6.20 Å². The molecular formula is C25H27F3N4. The molecule has 1 fully saturated rings. The lowest BCUT2D eigenvalue weighted by molar-refractivity contribution is -0.137. The van der Waals surface area contributed by atoms with Crippen LogP contribution in [0, 0.1) is 5.92 Å². The first-order valence-corrected chi connectivity index (χ1v) is 10.8. The van der Waals surface area contributed by atoms with Gasteiger partial charge in [-0.25, -0.2) is 9.97 Å². The fraction of sp³-hybridized carbons (Fsp3) is 0.360. The van der Waals surface area contributed by atoms with Gasteiger partial charge in [0.15, 0.2) is 0 Å². The Kier molecular flexibility index (Phi) is 5.84. The highest BCUT2D eigenvalue weighted by Crippen LogP contribution is 2.44. The number of benzene rings is 2. The molecule has 1 aliphatic carbocycles. The standard InChI is InChI=1S/C25H27F3N4/c1-16-5-3-4-11-24(16,2)19-13-17(14-20(29)15-19)22-10-12-30-23(32-22)31-21-8-6-18(7-9-21)25(26,27)28/h6-10,12-16H,3-5,11,29H2,1-2H3,(H,30,31,32). The van der Waals surface area contributed by atoms with Crippen molar-refractivity contribution in [3.8, 4) is 11.3 Å². The molecule has 1 saturated carbocycles. The molecule has 3 aromatic rings. The highest BCUT2D eigenvalue weighted by molar-refractivity contribution is 5.67. The van der Waals surface area contributed by atoms with Gasteiger partial charge in [-0.1, -0.05) is 26.7 Å². The second kappa shape index (κ2) is 8.45. The molecule has 168 valence electrons. The number of nitrogens with one attached hydrogen (secondary N) is 1. The lowest BCUT2D eigenvalue weighted by atomic mass is 9.64. The van der Waals surface area contributed by atoms with Gasteiger partial charge < -0.3 is 11.1 Å². The number of aromatic nitrogens is 2. The van der Waals surface area contributed by atoms with Crippen LogP contribution in [0.3, 0.4) is 0 Å². The Morgan fingerprint density at radius 1 is 1.06 bits per heavy atom. The predicted molar refractivity (Wildman–Crippen MR) is 122 cm³/mol. The van der Waals surface area contributed by atoms with Crippen LogP contribution in [0.15, 0.2) is 54.7 Å². The van der Waals surface area contributed by atoms with Crippen molar-refractivity contribution in [3.05, 3.63) is 65.9 Å². The van der Waals surface area contributed by atoms with Gasteiger partial charge in [-0.15, -0.1) is 0 Å². The van der Waals surface area contributed by atoms with Crippen molar-refractivity contribution in [2.45, 2.75) is 51.1 Å². The van der Waals surface area contributed by atoms with Crippen molar-refractivity contribution in [2.24, 2.45) is 5.92 Å². The maximum Gasteiger partial charge on any atom is 0.416 e. The molecule has 3 N–H and O–H groups in total. The van der Waals surface area contributed by atoms with Crippen LogP contribution in [0.25, 0.3) is 11.3 Å². The molecule has 0 spiro atoms. The van der Waals surface area contributed by atoms with Gasteiger partial charge in [0.2, 0.25) is 5.95 Å². The van der Waals surface area contributed by atoms with Gasteiger partial charge in [-0.05, 0) is 78.3 Å². The average Bonchev–Trinajstić information content (AvgIpc) is 2.75. The van der Waals surface area contributed by atoms with E-state index in [9.17, 15) is 13.2 Å². The summed E-state index contributed by atoms with van der Waals surface area (Å²) in [4.78, 5) is 8.79. The van der Waals surface area contributed by atoms with Crippen molar-refractivity contribution >= 4 is 17.3 Å². The molecule has 32 heavy (non-hydrogen) atoms. The number of nitrogens with two attached hydrogens (primary N) is 1. The monoisotopic (exact) mass is 440 g/mol. The SMILES string of the molecule is CC1CCCCC1(C)c1cc(N)cc(-c2ccnc(Nc3ccc(C(F)(F)F)cc3)n2)c1. The van der Waals surface area contributed by atoms with E-state index in [-0.39, 0.29) is 5.41 Å². The molecular weight excluding hydrogens is 413 g/mol. The minimum atomic E-state index is -4.37. The van der Waals surface area contributed by atoms with Crippen LogP contribution in [-0.2, 0) is 11.6 Å². The number of halogens is 3. The minimum Gasteiger partial charge on any atom is -0.399 e. The largest absolute Gasteiger partial charge is 0.416 e. The fourth-order valence-electron chi connectivity index (χ4n) is 4.52. The molecule has 1 aromatic heterocycles. The summed E-state index contributed by atoms with van der Waals surface area (Å²) in [6.07, 6.45) is 2.06. The van der Waals surface area contributed by atoms with Gasteiger partial charge in [0.1, 0.15) is 0 Å². The zero-order valence-electron chi connectivity index (χ0n) is 18.2. The number of hydrogen-bond acceptors (Lipinski definition) is 4. The Morgan fingerprint density at radius 3 is 2.50 bits per heavy atom. The molecule has 2 aromatic carbocycles. The molecule has 0 radical (unpaired) electrons. The second-order valence-electron chi connectivity index (χ2n) is 8.87. The maximum absolute atomic E-state index is 12.8. The Labute approximate surface area is 186 Å². The topological polar surface area (TPSA) is 63.8 Å². The van der Waals surface area contributed by atoms with Crippen molar-refractivity contribution in [1.82, 2.24) is 9.97 Å². The summed E-state index contributed by atoms with van der Waals surface area (Å²) >= 11 is 0. The molecule has 0 amide bonds. The lowest BCUT2D eigenvalue weighted by Crippen LogP contribution is -2.33. The summed E-state index contributed by atoms with van der Waals surface area (Å²) in [6, 6.07) is 12.7. The van der Waals surface area contributed by atoms with Crippen LogP contribution in [0.2, 0.25) is 0 Å². The van der Waals surface area contributed by atoms with Gasteiger partial charge in [-0.3, -0.25) is 0 Å². The van der Waals surface area contributed by atoms with Crippen molar-refractivity contribution in [3.63, 3.8) is 0 Å². The van der Waals surface area contributed by atoms with E-state index in [4.69, 9.17) is 5.73 Å². The van der Waals surface area contributed by atoms with E-state index < -0.39 is 11.7 Å². The Bertz CT molecular complexity index is 1100. The van der Waals surface area contributed by atoms with Gasteiger partial charge in [0, 0.05) is 23.1 Å². The average molecular weight is 441 g/mol. The van der Waals surface area contributed by atoms with E-state index in [0.29, 0.717) is 28.9 Å². The Morgan fingerprint density at radius 2 is 1.81 bits per heavy atom. The third-order valence-electron chi connectivity index (χ3n) is 6.71. The van der Waals surface area contributed by atoms with Crippen LogP contribution < -0.4 is 11.1 Å². The summed E-state index contributed by atoms with van der Waals surface area (Å²) in [5.74, 6) is 0.872. The highest BCUT2D eigenvalue weighted by atomic mass is 19.4. The molecule has 0 bridgehead atoms. The van der Waals surface area contributed by atoms with E-state index in [1.807, 2.05) is 12.1 Å². The predicted octanol–water partition coefficient (Wildman–Crippen LogP) is 6.96. The third kappa shape index (κ3) is 4.56. The number of rotatable bonds is 4. The molecule has 1 aliphatic rings. The molecule has 2 atom stereocenters. The number of hydrogen-bond donors (Lipinski definition) is 2. The van der Waals surface area contributed by atoms with E-state index in [0.717, 1.165) is 24.1 Å². The number of nitrogen functional groups attached to an aromatic ring is 1. The van der Waals surface area contributed by atoms with Gasteiger partial charge in [0.25, 0.3) is 0 Å². The summed E-state index contributed by atoms with van der Waals surface area (Å²) < 4.78 is 38.3. The molecule has 0 aliphatic heterocycles. The van der Waals surface area contributed by atoms with Gasteiger partial charge >= 0.3 is 6.18 Å². The fourth-order valence-corrected chi connectivity index (χ4v) is 4.52. The molecule has 4 nitrogen and oxygen atoms in total. The summed E-state index contributed by atoms with van der Waals surface area (Å²) in [5.41, 5.74) is 9.62. The molecule has 7 heteroatoms. The van der Waals surface area contributed by atoms with Crippen molar-refractivity contribution < 1.29 is 13.2 Å². The van der Waals surface area contributed by atoms with E-state index in [2.05, 4.69) is 41.3 Å². The molecule has 1 heterocycles. The van der Waals surface area contributed by atoms with Crippen molar-refractivity contribution in [2.75, 3.05) is 11.1 Å². The van der Waals surface area contributed by atoms with Crippen LogP contribution in [0.4, 0.5) is 30.5 Å². The second-order valence-corrected chi connectivity index (χ2v) is 8.87. The summed E-state index contributed by atoms with van der Waals surface area (Å²) in [6.45, 7) is 4.62. The first kappa shape index (κ1) is 22.1. The normalized spacial score (nSPS) is 21.3. The number of anilines is 3. The van der Waals surface area contributed by atoms with E-state index in [1.165, 1.54) is 37.0 Å². The summed E-state index contributed by atoms with van der Waals surface area (Å²) in [5, 5.41) is 2.98. The minimum absolute atomic E-state index is 0.0662. The van der Waals surface area contributed by atoms with E-state index >= 15 is 0 Å². The van der Waals surface area contributed by atoms with Crippen LogP contribution in [-0.4, -0.2) is 9.97 Å². The Balaban J connectivity index is 1.61.